The first-order chi connectivity index (χ1) is 7.02. The average molecular weight is 222 g/mol. The highest BCUT2D eigenvalue weighted by Crippen LogP contribution is 2.25. The van der Waals surface area contributed by atoms with Gasteiger partial charge in [0.1, 0.15) is 0 Å². The van der Waals surface area contributed by atoms with Gasteiger partial charge in [0.05, 0.1) is 12.8 Å². The first kappa shape index (κ1) is 13.3. The summed E-state index contributed by atoms with van der Waals surface area (Å²) in [7, 11) is 0. The van der Waals surface area contributed by atoms with E-state index in [1.54, 1.807) is 6.92 Å². The topological polar surface area (TPSA) is 52.1 Å². The van der Waals surface area contributed by atoms with E-state index in [9.17, 15) is 18.0 Å². The molecule has 0 aliphatic heterocycles. The van der Waals surface area contributed by atoms with Gasteiger partial charge in [-0.3, -0.25) is 9.78 Å². The molecule has 0 spiro atoms. The Hall–Kier alpha value is -1.66. The molecule has 0 unspecified atom stereocenters. The Morgan fingerprint density at radius 2 is 2.13 bits per heavy atom. The Bertz CT molecular complexity index is 277. The van der Waals surface area contributed by atoms with Gasteiger partial charge in [0.25, 0.3) is 6.47 Å². The van der Waals surface area contributed by atoms with Crippen LogP contribution in [0.4, 0.5) is 13.2 Å². The summed E-state index contributed by atoms with van der Waals surface area (Å²) in [4.78, 5) is 15.5. The van der Waals surface area contributed by atoms with E-state index in [0.717, 1.165) is 6.20 Å². The molecule has 0 fully saturated rings. The number of carbonyl (C=O) groups is 1. The van der Waals surface area contributed by atoms with Crippen molar-refractivity contribution in [3.63, 3.8) is 0 Å². The summed E-state index contributed by atoms with van der Waals surface area (Å²) in [6.45, 7) is 2.66. The molecule has 0 N–H and O–H groups in total. The summed E-state index contributed by atoms with van der Waals surface area (Å²) < 4.78 is 39.2. The van der Waals surface area contributed by atoms with Gasteiger partial charge in [0, 0.05) is 12.4 Å². The van der Waals surface area contributed by atoms with Crippen LogP contribution in [0.25, 0.3) is 0 Å². The maximum atomic E-state index is 11.7. The number of aromatic nitrogens is 2. The van der Waals surface area contributed by atoms with Crippen LogP contribution in [-0.4, -0.2) is 23.0 Å². The number of hydrogen-bond donors (Lipinski definition) is 0. The molecule has 0 bridgehead atoms. The summed E-state index contributed by atoms with van der Waals surface area (Å²) in [6.07, 6.45) is -1.51. The third-order valence-electron chi connectivity index (χ3n) is 1.09. The molecule has 1 aromatic rings. The van der Waals surface area contributed by atoms with E-state index in [-0.39, 0.29) is 0 Å². The molecule has 7 heteroatoms. The van der Waals surface area contributed by atoms with Crippen molar-refractivity contribution < 1.29 is 22.7 Å². The van der Waals surface area contributed by atoms with E-state index in [2.05, 4.69) is 14.7 Å². The lowest BCUT2D eigenvalue weighted by molar-refractivity contribution is -0.141. The molecule has 0 saturated carbocycles. The SMILES string of the molecule is CCOC=O.FC(F)(F)c1cnccn1. The molecule has 15 heavy (non-hydrogen) atoms. The third-order valence-corrected chi connectivity index (χ3v) is 1.09. The van der Waals surface area contributed by atoms with Crippen LogP contribution in [0.2, 0.25) is 0 Å². The first-order valence-electron chi connectivity index (χ1n) is 3.90. The maximum Gasteiger partial charge on any atom is 0.434 e. The minimum absolute atomic E-state index is 0.431. The third kappa shape index (κ3) is 6.42. The van der Waals surface area contributed by atoms with Crippen LogP contribution in [-0.2, 0) is 15.7 Å². The molecule has 0 aliphatic rings. The number of halogens is 3. The Balaban J connectivity index is 0.000000336. The van der Waals surface area contributed by atoms with E-state index in [1.165, 1.54) is 6.20 Å². The number of ether oxygens (including phenoxy) is 1. The van der Waals surface area contributed by atoms with Gasteiger partial charge in [-0.2, -0.15) is 13.2 Å². The quantitative estimate of drug-likeness (QED) is 0.714. The lowest BCUT2D eigenvalue weighted by Gasteiger charge is -2.01. The molecular formula is C8H9F3N2O2. The second-order valence-corrected chi connectivity index (χ2v) is 2.14. The van der Waals surface area contributed by atoms with E-state index < -0.39 is 11.9 Å². The molecule has 1 heterocycles. The second kappa shape index (κ2) is 6.74. The molecule has 0 aromatic carbocycles. The molecule has 0 aliphatic carbocycles. The van der Waals surface area contributed by atoms with E-state index in [1.807, 2.05) is 0 Å². The number of nitrogens with zero attached hydrogens (tertiary/aromatic N) is 2. The molecule has 0 saturated heterocycles. The summed E-state index contributed by atoms with van der Waals surface area (Å²) in [5, 5.41) is 0. The lowest BCUT2D eigenvalue weighted by Crippen LogP contribution is -2.07. The lowest BCUT2D eigenvalue weighted by atomic mass is 10.4. The fraction of sp³-hybridized carbons (Fsp3) is 0.375. The van der Waals surface area contributed by atoms with Crippen molar-refractivity contribution in [1.29, 1.82) is 0 Å². The van der Waals surface area contributed by atoms with Gasteiger partial charge in [0.15, 0.2) is 5.69 Å². The summed E-state index contributed by atoms with van der Waals surface area (Å²) in [6, 6.07) is 0. The van der Waals surface area contributed by atoms with Crippen LogP contribution < -0.4 is 0 Å². The van der Waals surface area contributed by atoms with E-state index in [4.69, 9.17) is 0 Å². The number of rotatable bonds is 2. The normalized spacial score (nSPS) is 9.87. The van der Waals surface area contributed by atoms with Crippen molar-refractivity contribution in [3.05, 3.63) is 24.3 Å². The van der Waals surface area contributed by atoms with Gasteiger partial charge in [-0.1, -0.05) is 0 Å². The molecule has 1 aromatic heterocycles. The van der Waals surface area contributed by atoms with Gasteiger partial charge < -0.3 is 4.74 Å². The van der Waals surface area contributed by atoms with Crippen LogP contribution in [0.1, 0.15) is 12.6 Å². The molecule has 4 nitrogen and oxygen atoms in total. The molecule has 0 radical (unpaired) electrons. The van der Waals surface area contributed by atoms with Crippen molar-refractivity contribution in [2.24, 2.45) is 0 Å². The summed E-state index contributed by atoms with van der Waals surface area (Å²) >= 11 is 0. The van der Waals surface area contributed by atoms with Gasteiger partial charge in [0.2, 0.25) is 0 Å². The van der Waals surface area contributed by atoms with E-state index in [0.29, 0.717) is 19.3 Å². The van der Waals surface area contributed by atoms with Crippen LogP contribution in [0.15, 0.2) is 18.6 Å². The zero-order valence-electron chi connectivity index (χ0n) is 7.86. The van der Waals surface area contributed by atoms with Crippen molar-refractivity contribution in [3.8, 4) is 0 Å². The fourth-order valence-corrected chi connectivity index (χ4v) is 0.514. The Morgan fingerprint density at radius 1 is 1.47 bits per heavy atom. The summed E-state index contributed by atoms with van der Waals surface area (Å²) in [5.41, 5.74) is -0.963. The Morgan fingerprint density at radius 3 is 2.33 bits per heavy atom. The predicted molar refractivity (Wildman–Crippen MR) is 44.7 cm³/mol. The predicted octanol–water partition coefficient (Wildman–Crippen LogP) is 1.67. The van der Waals surface area contributed by atoms with Gasteiger partial charge in [-0.15, -0.1) is 0 Å². The van der Waals surface area contributed by atoms with Crippen LogP contribution >= 0.6 is 0 Å². The van der Waals surface area contributed by atoms with Gasteiger partial charge in [-0.05, 0) is 6.92 Å². The number of carbonyl (C=O) groups excluding carboxylic acids is 1. The maximum absolute atomic E-state index is 11.7. The van der Waals surface area contributed by atoms with Crippen molar-refractivity contribution in [2.75, 3.05) is 6.61 Å². The minimum Gasteiger partial charge on any atom is -0.468 e. The second-order valence-electron chi connectivity index (χ2n) is 2.14. The zero-order valence-corrected chi connectivity index (χ0v) is 7.86. The summed E-state index contributed by atoms with van der Waals surface area (Å²) in [5.74, 6) is 0. The van der Waals surface area contributed by atoms with Crippen LogP contribution in [0.5, 0.6) is 0 Å². The highest BCUT2D eigenvalue weighted by molar-refractivity contribution is 5.36. The first-order valence-corrected chi connectivity index (χ1v) is 3.90. The van der Waals surface area contributed by atoms with Crippen molar-refractivity contribution in [1.82, 2.24) is 9.97 Å². The minimum atomic E-state index is -4.38. The smallest absolute Gasteiger partial charge is 0.434 e. The number of hydrogen-bond acceptors (Lipinski definition) is 4. The van der Waals surface area contributed by atoms with Gasteiger partial charge >= 0.3 is 6.18 Å². The van der Waals surface area contributed by atoms with Gasteiger partial charge in [-0.25, -0.2) is 4.98 Å². The Labute approximate surface area is 84.1 Å². The standard InChI is InChI=1S/C5H3F3N2.C3H6O2/c6-5(7,8)4-3-9-1-2-10-4;1-2-5-3-4/h1-3H;3H,2H2,1H3. The highest BCUT2D eigenvalue weighted by atomic mass is 19.4. The molecular weight excluding hydrogens is 213 g/mol. The van der Waals surface area contributed by atoms with Crippen LogP contribution in [0, 0.1) is 0 Å². The molecule has 84 valence electrons. The molecule has 0 amide bonds. The molecule has 1 rings (SSSR count). The van der Waals surface area contributed by atoms with Crippen LogP contribution in [0.3, 0.4) is 0 Å². The number of alkyl halides is 3. The van der Waals surface area contributed by atoms with E-state index >= 15 is 0 Å². The highest BCUT2D eigenvalue weighted by Gasteiger charge is 2.32. The Kier molecular flexibility index (Phi) is 6.00. The van der Waals surface area contributed by atoms with Crippen molar-refractivity contribution >= 4 is 6.47 Å². The fourth-order valence-electron chi connectivity index (χ4n) is 0.514. The largest absolute Gasteiger partial charge is 0.468 e. The molecule has 0 atom stereocenters. The van der Waals surface area contributed by atoms with Crippen molar-refractivity contribution in [2.45, 2.75) is 13.1 Å². The zero-order chi connectivity index (χ0) is 11.7. The average Bonchev–Trinajstić information content (AvgIpc) is 2.20. The monoisotopic (exact) mass is 222 g/mol.